The highest BCUT2D eigenvalue weighted by atomic mass is 16.2. The first-order chi connectivity index (χ1) is 12.4. The minimum atomic E-state index is -0.550. The lowest BCUT2D eigenvalue weighted by Gasteiger charge is -2.20. The van der Waals surface area contributed by atoms with E-state index in [4.69, 9.17) is 11.5 Å². The van der Waals surface area contributed by atoms with Gasteiger partial charge >= 0.3 is 0 Å². The molecular formula is C20H25N3O3. The van der Waals surface area contributed by atoms with Crippen molar-refractivity contribution in [3.8, 4) is 0 Å². The summed E-state index contributed by atoms with van der Waals surface area (Å²) in [6.07, 6.45) is 0.509. The molecule has 0 aliphatic heterocycles. The lowest BCUT2D eigenvalue weighted by Crippen LogP contribution is -2.33. The summed E-state index contributed by atoms with van der Waals surface area (Å²) < 4.78 is 0. The van der Waals surface area contributed by atoms with Gasteiger partial charge in [-0.05, 0) is 28.7 Å². The van der Waals surface area contributed by atoms with Gasteiger partial charge in [-0.2, -0.15) is 0 Å². The van der Waals surface area contributed by atoms with Gasteiger partial charge in [0, 0.05) is 25.3 Å². The van der Waals surface area contributed by atoms with Crippen molar-refractivity contribution in [1.82, 2.24) is 5.32 Å². The number of carbonyl (C=O) groups excluding carboxylic acids is 3. The van der Waals surface area contributed by atoms with Crippen molar-refractivity contribution < 1.29 is 14.4 Å². The molecule has 0 aliphatic carbocycles. The summed E-state index contributed by atoms with van der Waals surface area (Å²) >= 11 is 0. The first kappa shape index (κ1) is 19.4. The first-order valence-electron chi connectivity index (χ1n) is 8.69. The Morgan fingerprint density at radius 1 is 1.04 bits per heavy atom. The zero-order chi connectivity index (χ0) is 19.1. The van der Waals surface area contributed by atoms with Crippen molar-refractivity contribution in [1.29, 1.82) is 0 Å². The van der Waals surface area contributed by atoms with Crippen LogP contribution < -0.4 is 16.8 Å². The van der Waals surface area contributed by atoms with Crippen molar-refractivity contribution in [2.24, 2.45) is 23.3 Å². The number of amides is 3. The zero-order valence-corrected chi connectivity index (χ0v) is 14.9. The SMILES string of the molecule is C[C@@H](CC(=O)NCc1cccc2ccccc12)C(CCC(N)=O)C(N)=O. The third kappa shape index (κ3) is 5.31. The molecule has 0 saturated carbocycles. The highest BCUT2D eigenvalue weighted by molar-refractivity contribution is 5.86. The minimum absolute atomic E-state index is 0.0789. The molecule has 0 spiro atoms. The predicted octanol–water partition coefficient (Wildman–Crippen LogP) is 1.85. The maximum Gasteiger partial charge on any atom is 0.220 e. The fourth-order valence-electron chi connectivity index (χ4n) is 3.15. The van der Waals surface area contributed by atoms with Crippen LogP contribution in [0.15, 0.2) is 42.5 Å². The van der Waals surface area contributed by atoms with Crippen molar-refractivity contribution in [2.45, 2.75) is 32.7 Å². The normalized spacial score (nSPS) is 13.1. The number of rotatable bonds is 9. The Bertz CT molecular complexity index is 798. The molecule has 2 aromatic rings. The van der Waals surface area contributed by atoms with Crippen molar-refractivity contribution in [2.75, 3.05) is 0 Å². The molecule has 0 heterocycles. The summed E-state index contributed by atoms with van der Waals surface area (Å²) in [4.78, 5) is 34.8. The predicted molar refractivity (Wildman–Crippen MR) is 101 cm³/mol. The van der Waals surface area contributed by atoms with Crippen LogP contribution in [0.25, 0.3) is 10.8 Å². The van der Waals surface area contributed by atoms with Gasteiger partial charge in [0.05, 0.1) is 0 Å². The Balaban J connectivity index is 1.94. The fourth-order valence-corrected chi connectivity index (χ4v) is 3.15. The molecule has 2 atom stereocenters. The Labute approximate surface area is 152 Å². The molecule has 2 rings (SSSR count). The average molecular weight is 355 g/mol. The number of nitrogens with one attached hydrogen (secondary N) is 1. The van der Waals surface area contributed by atoms with Crippen LogP contribution in [0.5, 0.6) is 0 Å². The average Bonchev–Trinajstić information content (AvgIpc) is 2.59. The Morgan fingerprint density at radius 2 is 1.73 bits per heavy atom. The molecular weight excluding hydrogens is 330 g/mol. The second kappa shape index (κ2) is 8.99. The van der Waals surface area contributed by atoms with Crippen LogP contribution in [0.1, 0.15) is 31.7 Å². The molecule has 26 heavy (non-hydrogen) atoms. The highest BCUT2D eigenvalue weighted by Gasteiger charge is 2.25. The summed E-state index contributed by atoms with van der Waals surface area (Å²) in [5.74, 6) is -1.97. The van der Waals surface area contributed by atoms with E-state index in [1.165, 1.54) is 0 Å². The molecule has 0 aromatic heterocycles. The molecule has 138 valence electrons. The highest BCUT2D eigenvalue weighted by Crippen LogP contribution is 2.21. The van der Waals surface area contributed by atoms with Gasteiger partial charge in [-0.3, -0.25) is 14.4 Å². The lowest BCUT2D eigenvalue weighted by molar-refractivity contribution is -0.126. The third-order valence-corrected chi connectivity index (χ3v) is 4.62. The van der Waals surface area contributed by atoms with E-state index in [1.54, 1.807) is 6.92 Å². The van der Waals surface area contributed by atoms with Gasteiger partial charge in [-0.25, -0.2) is 0 Å². The third-order valence-electron chi connectivity index (χ3n) is 4.62. The number of benzene rings is 2. The largest absolute Gasteiger partial charge is 0.370 e. The van der Waals surface area contributed by atoms with Crippen LogP contribution in [0.4, 0.5) is 0 Å². The molecule has 0 radical (unpaired) electrons. The molecule has 1 unspecified atom stereocenters. The number of nitrogens with two attached hydrogens (primary N) is 2. The number of carbonyl (C=O) groups is 3. The van der Waals surface area contributed by atoms with Crippen molar-refractivity contribution in [3.63, 3.8) is 0 Å². The maximum absolute atomic E-state index is 12.3. The van der Waals surface area contributed by atoms with Crippen molar-refractivity contribution >= 4 is 28.5 Å². The Hall–Kier alpha value is -2.89. The molecule has 0 saturated heterocycles. The van der Waals surface area contributed by atoms with E-state index >= 15 is 0 Å². The van der Waals surface area contributed by atoms with E-state index in [9.17, 15) is 14.4 Å². The van der Waals surface area contributed by atoms with Gasteiger partial charge in [0.15, 0.2) is 0 Å². The minimum Gasteiger partial charge on any atom is -0.370 e. The second-order valence-electron chi connectivity index (χ2n) is 6.61. The molecule has 0 aliphatic rings. The Kier molecular flexibility index (Phi) is 6.72. The van der Waals surface area contributed by atoms with E-state index < -0.39 is 17.7 Å². The van der Waals surface area contributed by atoms with Crippen LogP contribution in [0.3, 0.4) is 0 Å². The van der Waals surface area contributed by atoms with Crippen LogP contribution in [0.2, 0.25) is 0 Å². The van der Waals surface area contributed by atoms with Gasteiger partial charge in [-0.15, -0.1) is 0 Å². The molecule has 5 N–H and O–H groups in total. The van der Waals surface area contributed by atoms with Gasteiger partial charge in [-0.1, -0.05) is 49.4 Å². The standard InChI is InChI=1S/C20H25N3O3/c1-13(16(20(22)26)9-10-18(21)24)11-19(25)23-12-15-7-4-6-14-5-2-3-8-17(14)15/h2-8,13,16H,9-12H2,1H3,(H2,21,24)(H2,22,26)(H,23,25)/t13-,16?/m0/s1. The summed E-state index contributed by atoms with van der Waals surface area (Å²) in [5.41, 5.74) is 11.6. The monoisotopic (exact) mass is 355 g/mol. The molecule has 6 nitrogen and oxygen atoms in total. The van der Waals surface area contributed by atoms with Crippen LogP contribution in [0, 0.1) is 11.8 Å². The van der Waals surface area contributed by atoms with Gasteiger partial charge < -0.3 is 16.8 Å². The first-order valence-corrected chi connectivity index (χ1v) is 8.69. The van der Waals surface area contributed by atoms with Gasteiger partial charge in [0.1, 0.15) is 0 Å². The zero-order valence-electron chi connectivity index (χ0n) is 14.9. The number of primary amides is 2. The summed E-state index contributed by atoms with van der Waals surface area (Å²) in [7, 11) is 0. The Morgan fingerprint density at radius 3 is 2.42 bits per heavy atom. The molecule has 0 bridgehead atoms. The number of fused-ring (bicyclic) bond motifs is 1. The maximum atomic E-state index is 12.3. The summed E-state index contributed by atoms with van der Waals surface area (Å²) in [5, 5.41) is 5.11. The molecule has 2 aromatic carbocycles. The van der Waals surface area contributed by atoms with E-state index in [-0.39, 0.29) is 31.1 Å². The molecule has 0 fully saturated rings. The van der Waals surface area contributed by atoms with E-state index in [1.807, 2.05) is 42.5 Å². The summed E-state index contributed by atoms with van der Waals surface area (Å²) in [6.45, 7) is 2.20. The topological polar surface area (TPSA) is 115 Å². The van der Waals surface area contributed by atoms with Crippen LogP contribution in [-0.4, -0.2) is 17.7 Å². The smallest absolute Gasteiger partial charge is 0.220 e. The van der Waals surface area contributed by atoms with E-state index in [0.717, 1.165) is 16.3 Å². The summed E-state index contributed by atoms with van der Waals surface area (Å²) in [6, 6.07) is 13.9. The van der Waals surface area contributed by atoms with Gasteiger partial charge in [0.25, 0.3) is 0 Å². The van der Waals surface area contributed by atoms with E-state index in [0.29, 0.717) is 6.54 Å². The number of hydrogen-bond acceptors (Lipinski definition) is 3. The van der Waals surface area contributed by atoms with Crippen LogP contribution >= 0.6 is 0 Å². The van der Waals surface area contributed by atoms with Crippen molar-refractivity contribution in [3.05, 3.63) is 48.0 Å². The van der Waals surface area contributed by atoms with Crippen LogP contribution in [-0.2, 0) is 20.9 Å². The second-order valence-corrected chi connectivity index (χ2v) is 6.61. The lowest BCUT2D eigenvalue weighted by atomic mass is 9.86. The van der Waals surface area contributed by atoms with E-state index in [2.05, 4.69) is 5.32 Å². The quantitative estimate of drug-likeness (QED) is 0.637. The fraction of sp³-hybridized carbons (Fsp3) is 0.350. The van der Waals surface area contributed by atoms with Gasteiger partial charge in [0.2, 0.25) is 17.7 Å². The number of hydrogen-bond donors (Lipinski definition) is 3. The molecule has 6 heteroatoms. The molecule has 3 amide bonds.